The number of hydrogen-bond donors (Lipinski definition) is 3. The zero-order valence-electron chi connectivity index (χ0n) is 9.91. The Hall–Kier alpha value is -1.56. The van der Waals surface area contributed by atoms with Crippen molar-refractivity contribution in [2.75, 3.05) is 12.3 Å². The molecule has 5 N–H and O–H groups in total. The molecule has 18 heavy (non-hydrogen) atoms. The van der Waals surface area contributed by atoms with Crippen LogP contribution < -0.4 is 16.8 Å². The summed E-state index contributed by atoms with van der Waals surface area (Å²) in [6.07, 6.45) is 1.73. The average molecular weight is 314 g/mol. The van der Waals surface area contributed by atoms with Gasteiger partial charge < -0.3 is 16.8 Å². The minimum Gasteiger partial charge on any atom is -0.398 e. The largest absolute Gasteiger partial charge is 0.398 e. The quantitative estimate of drug-likeness (QED) is 0.547. The van der Waals surface area contributed by atoms with Crippen molar-refractivity contribution in [3.05, 3.63) is 28.2 Å². The van der Waals surface area contributed by atoms with Crippen LogP contribution in [0.25, 0.3) is 0 Å². The standard InChI is InChI=1S/C12H16BrN3O2/c13-8-4-5-9(10(14)7-8)12(18)16-6-2-1-3-11(15)17/h4-5,7H,1-3,6,14H2,(H2,15,17)(H,16,18). The van der Waals surface area contributed by atoms with Crippen molar-refractivity contribution in [3.63, 3.8) is 0 Å². The minimum absolute atomic E-state index is 0.209. The van der Waals surface area contributed by atoms with Crippen LogP contribution in [0.5, 0.6) is 0 Å². The van der Waals surface area contributed by atoms with E-state index in [4.69, 9.17) is 11.5 Å². The van der Waals surface area contributed by atoms with Crippen molar-refractivity contribution >= 4 is 33.4 Å². The Bertz CT molecular complexity index is 449. The van der Waals surface area contributed by atoms with E-state index in [9.17, 15) is 9.59 Å². The highest BCUT2D eigenvalue weighted by Gasteiger charge is 2.08. The summed E-state index contributed by atoms with van der Waals surface area (Å²) in [4.78, 5) is 22.3. The number of nitrogens with one attached hydrogen (secondary N) is 1. The summed E-state index contributed by atoms with van der Waals surface area (Å²) < 4.78 is 0.831. The Kier molecular flexibility index (Phi) is 5.64. The molecule has 0 radical (unpaired) electrons. The molecule has 0 aliphatic carbocycles. The molecule has 0 aromatic heterocycles. The van der Waals surface area contributed by atoms with Crippen LogP contribution in [-0.4, -0.2) is 18.4 Å². The van der Waals surface area contributed by atoms with Gasteiger partial charge in [-0.1, -0.05) is 15.9 Å². The number of amides is 2. The second-order valence-corrected chi connectivity index (χ2v) is 4.83. The number of unbranched alkanes of at least 4 members (excludes halogenated alkanes) is 1. The van der Waals surface area contributed by atoms with Gasteiger partial charge in [-0.05, 0) is 31.0 Å². The molecule has 2 amide bonds. The monoisotopic (exact) mass is 313 g/mol. The number of benzene rings is 1. The Morgan fingerprint density at radius 1 is 1.28 bits per heavy atom. The van der Waals surface area contributed by atoms with Crippen molar-refractivity contribution in [3.8, 4) is 0 Å². The first kappa shape index (κ1) is 14.5. The van der Waals surface area contributed by atoms with Gasteiger partial charge in [0, 0.05) is 23.1 Å². The Morgan fingerprint density at radius 3 is 2.61 bits per heavy atom. The molecule has 0 heterocycles. The third kappa shape index (κ3) is 4.75. The smallest absolute Gasteiger partial charge is 0.253 e. The van der Waals surface area contributed by atoms with Crippen molar-refractivity contribution in [2.24, 2.45) is 5.73 Å². The van der Waals surface area contributed by atoms with Gasteiger partial charge in [-0.3, -0.25) is 9.59 Å². The topological polar surface area (TPSA) is 98.2 Å². The lowest BCUT2D eigenvalue weighted by Crippen LogP contribution is -2.25. The Labute approximate surface area is 114 Å². The lowest BCUT2D eigenvalue weighted by Gasteiger charge is -2.07. The second-order valence-electron chi connectivity index (χ2n) is 3.91. The van der Waals surface area contributed by atoms with Crippen molar-refractivity contribution in [1.82, 2.24) is 5.32 Å². The molecule has 5 nitrogen and oxygen atoms in total. The van der Waals surface area contributed by atoms with Crippen LogP contribution in [0.1, 0.15) is 29.6 Å². The van der Waals surface area contributed by atoms with E-state index in [1.54, 1.807) is 18.2 Å². The summed E-state index contributed by atoms with van der Waals surface area (Å²) in [7, 11) is 0. The van der Waals surface area contributed by atoms with E-state index in [0.29, 0.717) is 37.1 Å². The third-order valence-corrected chi connectivity index (χ3v) is 2.89. The van der Waals surface area contributed by atoms with E-state index in [1.807, 2.05) is 0 Å². The lowest BCUT2D eigenvalue weighted by atomic mass is 10.1. The minimum atomic E-state index is -0.321. The normalized spacial score (nSPS) is 10.1. The highest BCUT2D eigenvalue weighted by Crippen LogP contribution is 2.18. The zero-order valence-corrected chi connectivity index (χ0v) is 11.5. The molecule has 0 saturated carbocycles. The molecular formula is C12H16BrN3O2. The number of nitrogens with two attached hydrogens (primary N) is 2. The molecule has 0 aliphatic heterocycles. The SMILES string of the molecule is NC(=O)CCCCNC(=O)c1ccc(Br)cc1N. The summed E-state index contributed by atoms with van der Waals surface area (Å²) in [6, 6.07) is 5.11. The molecule has 1 aromatic carbocycles. The number of hydrogen-bond acceptors (Lipinski definition) is 3. The van der Waals surface area contributed by atoms with Gasteiger partial charge in [0.05, 0.1) is 5.56 Å². The summed E-state index contributed by atoms with van der Waals surface area (Å²) in [6.45, 7) is 0.502. The molecule has 0 fully saturated rings. The Morgan fingerprint density at radius 2 is 2.00 bits per heavy atom. The van der Waals surface area contributed by atoms with Gasteiger partial charge in [0.15, 0.2) is 0 Å². The zero-order chi connectivity index (χ0) is 13.5. The highest BCUT2D eigenvalue weighted by molar-refractivity contribution is 9.10. The molecule has 0 aliphatic rings. The fraction of sp³-hybridized carbons (Fsp3) is 0.333. The van der Waals surface area contributed by atoms with Gasteiger partial charge in [-0.2, -0.15) is 0 Å². The van der Waals surface area contributed by atoms with Crippen LogP contribution >= 0.6 is 15.9 Å². The fourth-order valence-corrected chi connectivity index (χ4v) is 1.84. The molecule has 6 heteroatoms. The average Bonchev–Trinajstić information content (AvgIpc) is 2.27. The maximum Gasteiger partial charge on any atom is 0.253 e. The van der Waals surface area contributed by atoms with Crippen LogP contribution in [0.4, 0.5) is 5.69 Å². The van der Waals surface area contributed by atoms with Crippen LogP contribution in [0, 0.1) is 0 Å². The van der Waals surface area contributed by atoms with Crippen LogP contribution in [0.15, 0.2) is 22.7 Å². The molecule has 98 valence electrons. The van der Waals surface area contributed by atoms with Crippen LogP contribution in [-0.2, 0) is 4.79 Å². The summed E-state index contributed by atoms with van der Waals surface area (Å²) in [5, 5.41) is 2.75. The maximum absolute atomic E-state index is 11.8. The molecule has 0 spiro atoms. The third-order valence-electron chi connectivity index (χ3n) is 2.39. The summed E-state index contributed by atoms with van der Waals surface area (Å²) in [5.74, 6) is -0.530. The second kappa shape index (κ2) is 7.00. The number of halogens is 1. The van der Waals surface area contributed by atoms with E-state index in [0.717, 1.165) is 4.47 Å². The maximum atomic E-state index is 11.8. The van der Waals surface area contributed by atoms with E-state index >= 15 is 0 Å². The molecule has 0 unspecified atom stereocenters. The van der Waals surface area contributed by atoms with Gasteiger partial charge in [-0.25, -0.2) is 0 Å². The van der Waals surface area contributed by atoms with Crippen LogP contribution in [0.3, 0.4) is 0 Å². The van der Waals surface area contributed by atoms with E-state index in [1.165, 1.54) is 0 Å². The fourth-order valence-electron chi connectivity index (χ4n) is 1.46. The van der Waals surface area contributed by atoms with Crippen molar-refractivity contribution in [1.29, 1.82) is 0 Å². The molecule has 0 atom stereocenters. The number of anilines is 1. The van der Waals surface area contributed by atoms with E-state index in [2.05, 4.69) is 21.2 Å². The molecule has 1 rings (SSSR count). The van der Waals surface area contributed by atoms with Crippen LogP contribution in [0.2, 0.25) is 0 Å². The molecule has 0 bridgehead atoms. The number of carbonyl (C=O) groups is 2. The van der Waals surface area contributed by atoms with Crippen molar-refractivity contribution in [2.45, 2.75) is 19.3 Å². The molecule has 0 saturated heterocycles. The predicted octanol–water partition coefficient (Wildman–Crippen LogP) is 1.42. The summed E-state index contributed by atoms with van der Waals surface area (Å²) >= 11 is 3.28. The number of nitrogen functional groups attached to an aromatic ring is 1. The summed E-state index contributed by atoms with van der Waals surface area (Å²) in [5.41, 5.74) is 11.6. The van der Waals surface area contributed by atoms with Gasteiger partial charge >= 0.3 is 0 Å². The van der Waals surface area contributed by atoms with Gasteiger partial charge in [-0.15, -0.1) is 0 Å². The first-order valence-electron chi connectivity index (χ1n) is 5.62. The van der Waals surface area contributed by atoms with E-state index < -0.39 is 0 Å². The number of carbonyl (C=O) groups excluding carboxylic acids is 2. The number of primary amides is 1. The first-order valence-corrected chi connectivity index (χ1v) is 6.41. The highest BCUT2D eigenvalue weighted by atomic mass is 79.9. The van der Waals surface area contributed by atoms with Gasteiger partial charge in [0.25, 0.3) is 5.91 Å². The van der Waals surface area contributed by atoms with Gasteiger partial charge in [0.2, 0.25) is 5.91 Å². The van der Waals surface area contributed by atoms with Gasteiger partial charge in [0.1, 0.15) is 0 Å². The molecular weight excluding hydrogens is 298 g/mol. The van der Waals surface area contributed by atoms with E-state index in [-0.39, 0.29) is 11.8 Å². The number of rotatable bonds is 6. The lowest BCUT2D eigenvalue weighted by molar-refractivity contribution is -0.118. The predicted molar refractivity (Wildman–Crippen MR) is 73.9 cm³/mol. The Balaban J connectivity index is 2.39. The van der Waals surface area contributed by atoms with Crippen molar-refractivity contribution < 1.29 is 9.59 Å². The first-order chi connectivity index (χ1) is 8.50. The molecule has 1 aromatic rings.